The number of rotatable bonds is 4. The van der Waals surface area contributed by atoms with Crippen molar-refractivity contribution in [1.29, 1.82) is 5.26 Å². The largest absolute Gasteiger partial charge is 0.327 e. The Morgan fingerprint density at radius 3 is 2.07 bits per heavy atom. The van der Waals surface area contributed by atoms with Gasteiger partial charge in [-0.25, -0.2) is 0 Å². The van der Waals surface area contributed by atoms with Gasteiger partial charge >= 0.3 is 0 Å². The van der Waals surface area contributed by atoms with Gasteiger partial charge in [0, 0.05) is 12.0 Å². The zero-order valence-electron chi connectivity index (χ0n) is 9.74. The Morgan fingerprint density at radius 1 is 1.29 bits per heavy atom. The average Bonchev–Trinajstić information content (AvgIpc) is 2.11. The third-order valence-electron chi connectivity index (χ3n) is 2.54. The number of nitriles is 1. The quantitative estimate of drug-likeness (QED) is 0.646. The SMILES string of the molecule is CC(C)C(C)C(=O)N(CC#N)C(C)C. The molecular weight excluding hydrogens is 176 g/mol. The van der Waals surface area contributed by atoms with Crippen LogP contribution in [0.15, 0.2) is 0 Å². The van der Waals surface area contributed by atoms with Crippen molar-refractivity contribution in [3.05, 3.63) is 0 Å². The molecule has 0 aromatic carbocycles. The van der Waals surface area contributed by atoms with E-state index in [1.807, 2.05) is 40.7 Å². The van der Waals surface area contributed by atoms with Crippen LogP contribution in [-0.4, -0.2) is 23.4 Å². The fraction of sp³-hybridized carbons (Fsp3) is 0.818. The van der Waals surface area contributed by atoms with Gasteiger partial charge in [0.25, 0.3) is 0 Å². The number of nitrogens with zero attached hydrogens (tertiary/aromatic N) is 2. The molecule has 14 heavy (non-hydrogen) atoms. The van der Waals surface area contributed by atoms with E-state index in [0.29, 0.717) is 5.92 Å². The highest BCUT2D eigenvalue weighted by Gasteiger charge is 2.24. The Kier molecular flexibility index (Phi) is 5.22. The van der Waals surface area contributed by atoms with E-state index in [9.17, 15) is 4.79 Å². The molecule has 0 rings (SSSR count). The van der Waals surface area contributed by atoms with Crippen molar-refractivity contribution in [2.75, 3.05) is 6.54 Å². The molecule has 0 aliphatic carbocycles. The maximum absolute atomic E-state index is 11.9. The molecular formula is C11H20N2O. The van der Waals surface area contributed by atoms with Gasteiger partial charge < -0.3 is 4.90 Å². The summed E-state index contributed by atoms with van der Waals surface area (Å²) in [5, 5.41) is 8.61. The molecule has 0 spiro atoms. The molecule has 0 aliphatic heterocycles. The van der Waals surface area contributed by atoms with E-state index in [4.69, 9.17) is 5.26 Å². The summed E-state index contributed by atoms with van der Waals surface area (Å²) in [6.45, 7) is 10.0. The van der Waals surface area contributed by atoms with Crippen molar-refractivity contribution < 1.29 is 4.79 Å². The molecule has 0 saturated carbocycles. The lowest BCUT2D eigenvalue weighted by molar-refractivity contribution is -0.137. The van der Waals surface area contributed by atoms with E-state index >= 15 is 0 Å². The summed E-state index contributed by atoms with van der Waals surface area (Å²) in [6.07, 6.45) is 0. The second-order valence-corrected chi connectivity index (χ2v) is 4.25. The Balaban J connectivity index is 4.53. The molecule has 1 unspecified atom stereocenters. The summed E-state index contributed by atoms with van der Waals surface area (Å²) < 4.78 is 0. The summed E-state index contributed by atoms with van der Waals surface area (Å²) in [5.74, 6) is 0.393. The highest BCUT2D eigenvalue weighted by molar-refractivity contribution is 5.79. The van der Waals surface area contributed by atoms with Gasteiger partial charge in [-0.05, 0) is 19.8 Å². The van der Waals surface area contributed by atoms with Crippen molar-refractivity contribution in [2.24, 2.45) is 11.8 Å². The van der Waals surface area contributed by atoms with Crippen LogP contribution in [0.1, 0.15) is 34.6 Å². The van der Waals surface area contributed by atoms with E-state index < -0.39 is 0 Å². The first kappa shape index (κ1) is 13.0. The van der Waals surface area contributed by atoms with Crippen LogP contribution in [0.4, 0.5) is 0 Å². The van der Waals surface area contributed by atoms with E-state index in [2.05, 4.69) is 0 Å². The highest BCUT2D eigenvalue weighted by Crippen LogP contribution is 2.14. The fourth-order valence-electron chi connectivity index (χ4n) is 1.14. The number of amides is 1. The van der Waals surface area contributed by atoms with Gasteiger partial charge in [-0.1, -0.05) is 20.8 Å². The maximum Gasteiger partial charge on any atom is 0.226 e. The Labute approximate surface area is 86.7 Å². The Bertz CT molecular complexity index is 228. The summed E-state index contributed by atoms with van der Waals surface area (Å²) in [5.41, 5.74) is 0. The molecule has 0 fully saturated rings. The first-order valence-electron chi connectivity index (χ1n) is 5.09. The first-order valence-corrected chi connectivity index (χ1v) is 5.09. The van der Waals surface area contributed by atoms with Crippen molar-refractivity contribution in [1.82, 2.24) is 4.90 Å². The average molecular weight is 196 g/mol. The molecule has 0 saturated heterocycles. The van der Waals surface area contributed by atoms with Crippen LogP contribution in [-0.2, 0) is 4.79 Å². The predicted octanol–water partition coefficient (Wildman–Crippen LogP) is 2.04. The van der Waals surface area contributed by atoms with Gasteiger partial charge in [0.05, 0.1) is 6.07 Å². The van der Waals surface area contributed by atoms with Crippen molar-refractivity contribution in [3.8, 4) is 6.07 Å². The lowest BCUT2D eigenvalue weighted by atomic mass is 9.96. The molecule has 0 radical (unpaired) electrons. The van der Waals surface area contributed by atoms with Crippen LogP contribution in [0.3, 0.4) is 0 Å². The number of hydrogen-bond donors (Lipinski definition) is 0. The molecule has 0 aromatic heterocycles. The molecule has 1 amide bonds. The molecule has 3 heteroatoms. The monoisotopic (exact) mass is 196 g/mol. The summed E-state index contributed by atoms with van der Waals surface area (Å²) in [7, 11) is 0. The molecule has 0 aliphatic rings. The summed E-state index contributed by atoms with van der Waals surface area (Å²) in [6, 6.07) is 2.13. The number of carbonyl (C=O) groups excluding carboxylic acids is 1. The lowest BCUT2D eigenvalue weighted by Gasteiger charge is -2.28. The van der Waals surface area contributed by atoms with Crippen LogP contribution in [0.5, 0.6) is 0 Å². The third kappa shape index (κ3) is 3.37. The van der Waals surface area contributed by atoms with Gasteiger partial charge in [0.1, 0.15) is 6.54 Å². The third-order valence-corrected chi connectivity index (χ3v) is 2.54. The molecule has 1 atom stereocenters. The Hall–Kier alpha value is -1.04. The summed E-state index contributed by atoms with van der Waals surface area (Å²) in [4.78, 5) is 13.5. The van der Waals surface area contributed by atoms with Crippen LogP contribution < -0.4 is 0 Å². The topological polar surface area (TPSA) is 44.1 Å². The predicted molar refractivity (Wildman–Crippen MR) is 56.5 cm³/mol. The first-order chi connectivity index (χ1) is 6.41. The maximum atomic E-state index is 11.9. The van der Waals surface area contributed by atoms with E-state index in [-0.39, 0.29) is 24.4 Å². The minimum absolute atomic E-state index is 0.00856. The zero-order chi connectivity index (χ0) is 11.3. The smallest absolute Gasteiger partial charge is 0.226 e. The molecule has 80 valence electrons. The molecule has 0 aromatic rings. The zero-order valence-corrected chi connectivity index (χ0v) is 9.74. The molecule has 3 nitrogen and oxygen atoms in total. The summed E-state index contributed by atoms with van der Waals surface area (Å²) >= 11 is 0. The van der Waals surface area contributed by atoms with Gasteiger partial charge in [-0.2, -0.15) is 5.26 Å². The van der Waals surface area contributed by atoms with E-state index in [0.717, 1.165) is 0 Å². The highest BCUT2D eigenvalue weighted by atomic mass is 16.2. The van der Waals surface area contributed by atoms with Crippen molar-refractivity contribution in [3.63, 3.8) is 0 Å². The van der Waals surface area contributed by atoms with Crippen molar-refractivity contribution in [2.45, 2.75) is 40.7 Å². The van der Waals surface area contributed by atoms with Gasteiger partial charge in [-0.3, -0.25) is 4.79 Å². The molecule has 0 N–H and O–H groups in total. The number of carbonyl (C=O) groups is 1. The van der Waals surface area contributed by atoms with Crippen LogP contribution in [0, 0.1) is 23.2 Å². The second-order valence-electron chi connectivity index (χ2n) is 4.25. The van der Waals surface area contributed by atoms with Crippen LogP contribution >= 0.6 is 0 Å². The van der Waals surface area contributed by atoms with Gasteiger partial charge in [0.2, 0.25) is 5.91 Å². The lowest BCUT2D eigenvalue weighted by Crippen LogP contribution is -2.41. The van der Waals surface area contributed by atoms with Crippen LogP contribution in [0.2, 0.25) is 0 Å². The standard InChI is InChI=1S/C11H20N2O/c1-8(2)10(5)11(14)13(7-6-12)9(3)4/h8-10H,7H2,1-5H3. The van der Waals surface area contributed by atoms with Gasteiger partial charge in [-0.15, -0.1) is 0 Å². The van der Waals surface area contributed by atoms with Crippen molar-refractivity contribution >= 4 is 5.91 Å². The van der Waals surface area contributed by atoms with E-state index in [1.54, 1.807) is 4.90 Å². The van der Waals surface area contributed by atoms with Gasteiger partial charge in [0.15, 0.2) is 0 Å². The molecule has 0 bridgehead atoms. The normalized spacial score (nSPS) is 12.7. The second kappa shape index (κ2) is 5.64. The van der Waals surface area contributed by atoms with E-state index in [1.165, 1.54) is 0 Å². The minimum atomic E-state index is -0.00856. The minimum Gasteiger partial charge on any atom is -0.327 e. The number of hydrogen-bond acceptors (Lipinski definition) is 2. The van der Waals surface area contributed by atoms with Crippen LogP contribution in [0.25, 0.3) is 0 Å². The fourth-order valence-corrected chi connectivity index (χ4v) is 1.14. The molecule has 0 heterocycles. The Morgan fingerprint density at radius 2 is 1.79 bits per heavy atom.